The van der Waals surface area contributed by atoms with Crippen LogP contribution in [0.1, 0.15) is 16.1 Å². The van der Waals surface area contributed by atoms with Crippen molar-refractivity contribution in [3.8, 4) is 28.1 Å². The van der Waals surface area contributed by atoms with Gasteiger partial charge in [-0.3, -0.25) is 4.68 Å². The molecule has 0 atom stereocenters. The van der Waals surface area contributed by atoms with Crippen LogP contribution in [0.25, 0.3) is 28.1 Å². The van der Waals surface area contributed by atoms with Gasteiger partial charge < -0.3 is 9.67 Å². The topological polar surface area (TPSA) is 60.0 Å². The minimum atomic E-state index is -1.000. The van der Waals surface area contributed by atoms with Crippen LogP contribution in [0, 0.1) is 0 Å². The molecule has 5 nitrogen and oxygen atoms in total. The van der Waals surface area contributed by atoms with Gasteiger partial charge in [-0.15, -0.1) is 0 Å². The van der Waals surface area contributed by atoms with Gasteiger partial charge in [0.2, 0.25) is 0 Å². The summed E-state index contributed by atoms with van der Waals surface area (Å²) in [7, 11) is 0. The predicted molar refractivity (Wildman–Crippen MR) is 125 cm³/mol. The summed E-state index contributed by atoms with van der Waals surface area (Å²) in [4.78, 5) is 12.4. The Morgan fingerprint density at radius 1 is 0.781 bits per heavy atom. The van der Waals surface area contributed by atoms with E-state index in [1.54, 1.807) is 4.68 Å². The fourth-order valence-electron chi connectivity index (χ4n) is 3.97. The van der Waals surface area contributed by atoms with Crippen LogP contribution in [-0.4, -0.2) is 25.4 Å². The third-order valence-corrected chi connectivity index (χ3v) is 5.41. The number of hydrogen-bond acceptors (Lipinski definition) is 2. The van der Waals surface area contributed by atoms with Gasteiger partial charge >= 0.3 is 5.97 Å². The van der Waals surface area contributed by atoms with E-state index >= 15 is 0 Å². The van der Waals surface area contributed by atoms with Crippen molar-refractivity contribution in [2.45, 2.75) is 6.54 Å². The molecular weight excluding hydrogens is 398 g/mol. The van der Waals surface area contributed by atoms with Gasteiger partial charge in [-0.05, 0) is 35.4 Å². The molecule has 0 aliphatic heterocycles. The van der Waals surface area contributed by atoms with Gasteiger partial charge in [0, 0.05) is 29.2 Å². The first kappa shape index (κ1) is 19.6. The molecule has 2 aromatic heterocycles. The van der Waals surface area contributed by atoms with Crippen LogP contribution in [0.5, 0.6) is 0 Å². The minimum absolute atomic E-state index is 0.182. The van der Waals surface area contributed by atoms with E-state index in [1.807, 2.05) is 108 Å². The zero-order valence-corrected chi connectivity index (χ0v) is 17.3. The van der Waals surface area contributed by atoms with E-state index in [-0.39, 0.29) is 5.69 Å². The van der Waals surface area contributed by atoms with Crippen molar-refractivity contribution in [3.63, 3.8) is 0 Å². The number of aromatic carboxylic acids is 1. The van der Waals surface area contributed by atoms with E-state index in [9.17, 15) is 9.90 Å². The summed E-state index contributed by atoms with van der Waals surface area (Å²) < 4.78 is 3.62. The van der Waals surface area contributed by atoms with Crippen molar-refractivity contribution in [1.82, 2.24) is 14.3 Å². The van der Waals surface area contributed by atoms with Gasteiger partial charge in [-0.2, -0.15) is 5.10 Å². The Morgan fingerprint density at radius 3 is 2.09 bits per heavy atom. The third kappa shape index (κ3) is 3.72. The molecule has 0 amide bonds. The second-order valence-electron chi connectivity index (χ2n) is 7.53. The molecule has 0 aliphatic rings. The molecule has 5 aromatic rings. The summed E-state index contributed by atoms with van der Waals surface area (Å²) in [6.45, 7) is 0.351. The van der Waals surface area contributed by atoms with Gasteiger partial charge in [-0.25, -0.2) is 4.79 Å². The largest absolute Gasteiger partial charge is 0.477 e. The van der Waals surface area contributed by atoms with Crippen molar-refractivity contribution in [3.05, 3.63) is 121 Å². The first-order chi connectivity index (χ1) is 15.7. The van der Waals surface area contributed by atoms with Gasteiger partial charge in [0.1, 0.15) is 5.69 Å². The maximum Gasteiger partial charge on any atom is 0.354 e. The molecule has 0 aliphatic carbocycles. The van der Waals surface area contributed by atoms with Crippen LogP contribution < -0.4 is 0 Å². The molecule has 5 rings (SSSR count). The van der Waals surface area contributed by atoms with Crippen LogP contribution in [0.15, 0.2) is 109 Å². The quantitative estimate of drug-likeness (QED) is 0.381. The Kier molecular flexibility index (Phi) is 5.14. The first-order valence-corrected chi connectivity index (χ1v) is 10.4. The van der Waals surface area contributed by atoms with Crippen LogP contribution in [0.2, 0.25) is 0 Å². The lowest BCUT2D eigenvalue weighted by Gasteiger charge is -2.09. The molecule has 32 heavy (non-hydrogen) atoms. The van der Waals surface area contributed by atoms with Gasteiger partial charge in [-0.1, -0.05) is 72.8 Å². The van der Waals surface area contributed by atoms with Gasteiger partial charge in [0.05, 0.1) is 6.54 Å². The zero-order chi connectivity index (χ0) is 21.9. The summed E-state index contributed by atoms with van der Waals surface area (Å²) in [6, 6.07) is 31.3. The Hall–Kier alpha value is -4.38. The fraction of sp³-hybridized carbons (Fsp3) is 0.0370. The van der Waals surface area contributed by atoms with E-state index in [1.165, 1.54) is 0 Å². The summed E-state index contributed by atoms with van der Waals surface area (Å²) in [5, 5.41) is 15.0. The number of nitrogens with zero attached hydrogens (tertiary/aromatic N) is 3. The smallest absolute Gasteiger partial charge is 0.354 e. The lowest BCUT2D eigenvalue weighted by molar-refractivity contribution is 0.0685. The monoisotopic (exact) mass is 419 g/mol. The molecule has 0 saturated carbocycles. The Balaban J connectivity index is 1.66. The lowest BCUT2D eigenvalue weighted by Crippen LogP contribution is -2.12. The molecular formula is C27H21N3O2. The van der Waals surface area contributed by atoms with Crippen molar-refractivity contribution >= 4 is 5.97 Å². The fourth-order valence-corrected chi connectivity index (χ4v) is 3.97. The summed E-state index contributed by atoms with van der Waals surface area (Å²) in [5.74, 6) is -1.000. The number of carbonyl (C=O) groups is 1. The highest BCUT2D eigenvalue weighted by Crippen LogP contribution is 2.35. The number of hydrogen-bond donors (Lipinski definition) is 1. The molecule has 156 valence electrons. The third-order valence-electron chi connectivity index (χ3n) is 5.41. The molecule has 1 N–H and O–H groups in total. The Bertz CT molecular complexity index is 1360. The average Bonchev–Trinajstić information content (AvgIpc) is 3.49. The highest BCUT2D eigenvalue weighted by Gasteiger charge is 2.25. The van der Waals surface area contributed by atoms with Crippen molar-refractivity contribution in [2.75, 3.05) is 0 Å². The van der Waals surface area contributed by atoms with E-state index in [0.717, 1.165) is 22.4 Å². The number of carboxylic acids is 1. The predicted octanol–water partition coefficient (Wildman–Crippen LogP) is 5.75. The van der Waals surface area contributed by atoms with E-state index in [4.69, 9.17) is 5.10 Å². The van der Waals surface area contributed by atoms with Crippen molar-refractivity contribution < 1.29 is 9.90 Å². The molecule has 3 aromatic carbocycles. The van der Waals surface area contributed by atoms with Crippen molar-refractivity contribution in [1.29, 1.82) is 0 Å². The number of aromatic nitrogens is 3. The molecule has 0 spiro atoms. The second kappa shape index (κ2) is 8.40. The maximum absolute atomic E-state index is 12.4. The SMILES string of the molecule is O=C(O)c1c(-c2ccccc2)c(-c2ccccc2)nn1Cc1cccc(-n2cccc2)c1. The molecule has 0 fully saturated rings. The maximum atomic E-state index is 12.4. The summed E-state index contributed by atoms with van der Waals surface area (Å²) in [5.41, 5.74) is 5.18. The molecule has 0 saturated heterocycles. The van der Waals surface area contributed by atoms with Crippen LogP contribution >= 0.6 is 0 Å². The highest BCUT2D eigenvalue weighted by molar-refractivity contribution is 5.99. The minimum Gasteiger partial charge on any atom is -0.477 e. The van der Waals surface area contributed by atoms with Crippen LogP contribution in [0.3, 0.4) is 0 Å². The Morgan fingerprint density at radius 2 is 1.44 bits per heavy atom. The summed E-state index contributed by atoms with van der Waals surface area (Å²) >= 11 is 0. The van der Waals surface area contributed by atoms with E-state index in [2.05, 4.69) is 6.07 Å². The molecule has 0 bridgehead atoms. The average molecular weight is 419 g/mol. The normalized spacial score (nSPS) is 10.9. The van der Waals surface area contributed by atoms with E-state index in [0.29, 0.717) is 17.8 Å². The molecule has 5 heteroatoms. The lowest BCUT2D eigenvalue weighted by atomic mass is 9.99. The first-order valence-electron chi connectivity index (χ1n) is 10.4. The van der Waals surface area contributed by atoms with Gasteiger partial charge in [0.25, 0.3) is 0 Å². The van der Waals surface area contributed by atoms with Crippen LogP contribution in [0.4, 0.5) is 0 Å². The second-order valence-corrected chi connectivity index (χ2v) is 7.53. The number of benzene rings is 3. The molecule has 0 radical (unpaired) electrons. The van der Waals surface area contributed by atoms with Crippen LogP contribution in [-0.2, 0) is 6.54 Å². The number of rotatable bonds is 6. The summed E-state index contributed by atoms with van der Waals surface area (Å²) in [6.07, 6.45) is 3.97. The Labute approximate surface area is 185 Å². The van der Waals surface area contributed by atoms with Crippen molar-refractivity contribution in [2.24, 2.45) is 0 Å². The zero-order valence-electron chi connectivity index (χ0n) is 17.3. The molecule has 0 unspecified atom stereocenters. The standard InChI is InChI=1S/C27H21N3O2/c31-27(32)26-24(21-11-3-1-4-12-21)25(22-13-5-2-6-14-22)28-30(26)19-20-10-9-15-23(18-20)29-16-7-8-17-29/h1-18H,19H2,(H,31,32). The highest BCUT2D eigenvalue weighted by atomic mass is 16.4. The van der Waals surface area contributed by atoms with Gasteiger partial charge in [0.15, 0.2) is 5.69 Å². The number of carboxylic acid groups (broad SMARTS) is 1. The molecule has 2 heterocycles. The van der Waals surface area contributed by atoms with E-state index < -0.39 is 5.97 Å².